The summed E-state index contributed by atoms with van der Waals surface area (Å²) in [6.07, 6.45) is 5.99. The Bertz CT molecular complexity index is 222. The van der Waals surface area contributed by atoms with Crippen LogP contribution in [0.2, 0.25) is 0 Å². The highest BCUT2D eigenvalue weighted by atomic mass is 16.5. The molecule has 0 heterocycles. The molecule has 0 aliphatic heterocycles. The van der Waals surface area contributed by atoms with Gasteiger partial charge in [-0.15, -0.1) is 0 Å². The minimum atomic E-state index is -0.382. The fourth-order valence-corrected chi connectivity index (χ4v) is 1.46. The topological polar surface area (TPSA) is 29.5 Å². The molecule has 0 spiro atoms. The zero-order valence-electron chi connectivity index (χ0n) is 14.9. The van der Waals surface area contributed by atoms with Gasteiger partial charge in [0.1, 0.15) is 0 Å². The van der Waals surface area contributed by atoms with Gasteiger partial charge in [0, 0.05) is 6.54 Å². The Kier molecular flexibility index (Phi) is 14.6. The number of carbonyl (C=O) groups excluding carboxylic acids is 1. The van der Waals surface area contributed by atoms with Gasteiger partial charge in [0.2, 0.25) is 0 Å². The molecule has 0 saturated heterocycles. The van der Waals surface area contributed by atoms with Gasteiger partial charge in [0.05, 0.1) is 12.0 Å². The zero-order valence-corrected chi connectivity index (χ0v) is 14.9. The molecule has 3 heteroatoms. The smallest absolute Gasteiger partial charge is 0.311 e. The second-order valence-electron chi connectivity index (χ2n) is 6.46. The number of hydrogen-bond donors (Lipinski definition) is 0. The number of rotatable bonds is 8. The second kappa shape index (κ2) is 13.4. The summed E-state index contributed by atoms with van der Waals surface area (Å²) >= 11 is 0. The van der Waals surface area contributed by atoms with Crippen LogP contribution in [0.1, 0.15) is 73.6 Å². The van der Waals surface area contributed by atoms with Crippen LogP contribution in [0.5, 0.6) is 0 Å². The van der Waals surface area contributed by atoms with Crippen molar-refractivity contribution < 1.29 is 9.53 Å². The largest absolute Gasteiger partial charge is 0.465 e. The molecule has 0 aliphatic carbocycles. The highest BCUT2D eigenvalue weighted by molar-refractivity contribution is 5.75. The van der Waals surface area contributed by atoms with Gasteiger partial charge in [-0.25, -0.2) is 0 Å². The number of hydrogen-bond acceptors (Lipinski definition) is 3. The van der Waals surface area contributed by atoms with Gasteiger partial charge in [-0.2, -0.15) is 0 Å². The van der Waals surface area contributed by atoms with E-state index in [4.69, 9.17) is 4.74 Å². The lowest BCUT2D eigenvalue weighted by atomic mass is 9.97. The van der Waals surface area contributed by atoms with Crippen LogP contribution in [-0.2, 0) is 9.53 Å². The van der Waals surface area contributed by atoms with Crippen molar-refractivity contribution in [2.24, 2.45) is 5.41 Å². The van der Waals surface area contributed by atoms with E-state index < -0.39 is 0 Å². The van der Waals surface area contributed by atoms with Crippen LogP contribution in [0, 0.1) is 5.41 Å². The van der Waals surface area contributed by atoms with Gasteiger partial charge in [0.15, 0.2) is 0 Å². The van der Waals surface area contributed by atoms with E-state index in [9.17, 15) is 4.79 Å². The maximum Gasteiger partial charge on any atom is 0.311 e. The van der Waals surface area contributed by atoms with Gasteiger partial charge < -0.3 is 9.64 Å². The predicted octanol–water partition coefficient (Wildman–Crippen LogP) is 4.50. The minimum Gasteiger partial charge on any atom is -0.465 e. The Morgan fingerprint density at radius 1 is 1.00 bits per heavy atom. The normalized spacial score (nSPS) is 11.0. The van der Waals surface area contributed by atoms with Gasteiger partial charge in [-0.05, 0) is 47.2 Å². The quantitative estimate of drug-likeness (QED) is 0.486. The molecule has 0 bridgehead atoms. The lowest BCUT2D eigenvalue weighted by Crippen LogP contribution is -2.26. The van der Waals surface area contributed by atoms with E-state index in [0.717, 1.165) is 19.5 Å². The van der Waals surface area contributed by atoms with Crippen molar-refractivity contribution in [2.45, 2.75) is 73.6 Å². The highest BCUT2D eigenvalue weighted by Gasteiger charge is 2.22. The first-order valence-corrected chi connectivity index (χ1v) is 8.15. The summed E-state index contributed by atoms with van der Waals surface area (Å²) in [6, 6.07) is 0. The monoisotopic (exact) mass is 287 g/mol. The molecule has 0 N–H and O–H groups in total. The van der Waals surface area contributed by atoms with Gasteiger partial charge >= 0.3 is 5.97 Å². The van der Waals surface area contributed by atoms with Crippen molar-refractivity contribution in [3.8, 4) is 0 Å². The van der Waals surface area contributed by atoms with Crippen LogP contribution < -0.4 is 0 Å². The molecular weight excluding hydrogens is 250 g/mol. The van der Waals surface area contributed by atoms with Crippen molar-refractivity contribution in [1.29, 1.82) is 0 Å². The second-order valence-corrected chi connectivity index (χ2v) is 6.46. The van der Waals surface area contributed by atoms with Crippen LogP contribution in [0.4, 0.5) is 0 Å². The van der Waals surface area contributed by atoms with E-state index in [0.29, 0.717) is 6.61 Å². The molecule has 3 nitrogen and oxygen atoms in total. The average molecular weight is 287 g/mol. The Balaban J connectivity index is 0. The Morgan fingerprint density at radius 2 is 1.50 bits per heavy atom. The molecule has 0 atom stereocenters. The van der Waals surface area contributed by atoms with Crippen molar-refractivity contribution in [3.63, 3.8) is 0 Å². The summed E-state index contributed by atoms with van der Waals surface area (Å²) in [5.74, 6) is -0.105. The molecule has 0 saturated carbocycles. The van der Waals surface area contributed by atoms with E-state index in [1.807, 2.05) is 20.8 Å². The first kappa shape index (κ1) is 21.7. The number of nitrogens with zero attached hydrogens (tertiary/aromatic N) is 1. The lowest BCUT2D eigenvalue weighted by molar-refractivity contribution is -0.153. The first-order valence-electron chi connectivity index (χ1n) is 8.15. The van der Waals surface area contributed by atoms with Crippen molar-refractivity contribution in [3.05, 3.63) is 0 Å². The molecule has 20 heavy (non-hydrogen) atoms. The molecule has 0 aliphatic rings. The van der Waals surface area contributed by atoms with Gasteiger partial charge in [0.25, 0.3) is 0 Å². The summed E-state index contributed by atoms with van der Waals surface area (Å²) in [4.78, 5) is 13.8. The average Bonchev–Trinajstić information content (AvgIpc) is 2.34. The maximum absolute atomic E-state index is 11.5. The molecule has 0 amide bonds. The van der Waals surface area contributed by atoms with Crippen LogP contribution in [0.3, 0.4) is 0 Å². The first-order chi connectivity index (χ1) is 9.29. The summed E-state index contributed by atoms with van der Waals surface area (Å²) in [5, 5.41) is 0. The van der Waals surface area contributed by atoms with Crippen molar-refractivity contribution in [2.75, 3.05) is 26.7 Å². The molecule has 0 fully saturated rings. The zero-order chi connectivity index (χ0) is 16.0. The van der Waals surface area contributed by atoms with Crippen LogP contribution in [-0.4, -0.2) is 37.6 Å². The minimum absolute atomic E-state index is 0.105. The third-order valence-electron chi connectivity index (χ3n) is 2.67. The third kappa shape index (κ3) is 15.5. The maximum atomic E-state index is 11.5. The Morgan fingerprint density at radius 3 is 1.95 bits per heavy atom. The standard InChI is InChI=1S/C14H29NO2.C3H8/c1-6-7-8-10-15(5)11-9-12-17-13(16)14(2,3)4;1-3-2/h6-12H2,1-5H3;3H2,1-2H3. The summed E-state index contributed by atoms with van der Waals surface area (Å²) in [6.45, 7) is 14.8. The molecule has 0 rings (SSSR count). The molecular formula is C17H37NO2. The number of unbranched alkanes of at least 4 members (excludes halogenated alkanes) is 2. The Hall–Kier alpha value is -0.570. The molecule has 0 aromatic heterocycles. The van der Waals surface area contributed by atoms with E-state index in [1.54, 1.807) is 0 Å². The van der Waals surface area contributed by atoms with Gasteiger partial charge in [-0.1, -0.05) is 40.0 Å². The molecule has 0 radical (unpaired) electrons. The molecule has 0 aromatic carbocycles. The Labute approximate surface area is 127 Å². The van der Waals surface area contributed by atoms with E-state index >= 15 is 0 Å². The van der Waals surface area contributed by atoms with Crippen LogP contribution in [0.15, 0.2) is 0 Å². The number of esters is 1. The number of carbonyl (C=O) groups is 1. The number of ether oxygens (including phenoxy) is 1. The van der Waals surface area contributed by atoms with Crippen LogP contribution >= 0.6 is 0 Å². The summed E-state index contributed by atoms with van der Waals surface area (Å²) < 4.78 is 5.22. The molecule has 0 aromatic rings. The van der Waals surface area contributed by atoms with E-state index in [2.05, 4.69) is 32.7 Å². The molecule has 0 unspecified atom stereocenters. The summed E-state index contributed by atoms with van der Waals surface area (Å²) in [7, 11) is 2.13. The van der Waals surface area contributed by atoms with E-state index in [1.165, 1.54) is 25.7 Å². The SMILES string of the molecule is CCC.CCCCCN(C)CCCOC(=O)C(C)(C)C. The summed E-state index contributed by atoms with van der Waals surface area (Å²) in [5.41, 5.74) is -0.382. The fraction of sp³-hybridized carbons (Fsp3) is 0.941. The van der Waals surface area contributed by atoms with Crippen molar-refractivity contribution >= 4 is 5.97 Å². The van der Waals surface area contributed by atoms with Crippen molar-refractivity contribution in [1.82, 2.24) is 4.90 Å². The molecule has 122 valence electrons. The lowest BCUT2D eigenvalue weighted by Gasteiger charge is -2.18. The highest BCUT2D eigenvalue weighted by Crippen LogP contribution is 2.15. The predicted molar refractivity (Wildman–Crippen MR) is 88.0 cm³/mol. The van der Waals surface area contributed by atoms with Crippen LogP contribution in [0.25, 0.3) is 0 Å². The van der Waals surface area contributed by atoms with Gasteiger partial charge in [-0.3, -0.25) is 4.79 Å². The van der Waals surface area contributed by atoms with E-state index in [-0.39, 0.29) is 11.4 Å². The third-order valence-corrected chi connectivity index (χ3v) is 2.67. The fourth-order valence-electron chi connectivity index (χ4n) is 1.46.